The van der Waals surface area contributed by atoms with Gasteiger partial charge < -0.3 is 10.6 Å². The van der Waals surface area contributed by atoms with Crippen LogP contribution in [0, 0.1) is 0 Å². The highest BCUT2D eigenvalue weighted by molar-refractivity contribution is 9.10. The molecule has 0 aliphatic carbocycles. The van der Waals surface area contributed by atoms with Crippen LogP contribution in [-0.2, 0) is 11.3 Å². The second-order valence-corrected chi connectivity index (χ2v) is 5.46. The number of hydrogen-bond acceptors (Lipinski definition) is 3. The van der Waals surface area contributed by atoms with Crippen LogP contribution in [0.1, 0.15) is 17.0 Å². The first-order valence-electron chi connectivity index (χ1n) is 6.45. The average molecular weight is 332 g/mol. The molecule has 1 amide bonds. The Bertz CT molecular complexity index is 645. The molecule has 20 heavy (non-hydrogen) atoms. The van der Waals surface area contributed by atoms with Gasteiger partial charge in [-0.1, -0.05) is 24.3 Å². The first-order valence-corrected chi connectivity index (χ1v) is 7.25. The number of pyridine rings is 1. The topological polar surface area (TPSA) is 54.0 Å². The number of aromatic nitrogens is 1. The van der Waals surface area contributed by atoms with Crippen LogP contribution in [0.5, 0.6) is 0 Å². The molecule has 2 aromatic rings. The second kappa shape index (κ2) is 5.73. The fourth-order valence-electron chi connectivity index (χ4n) is 2.43. The van der Waals surface area contributed by atoms with Crippen LogP contribution < -0.4 is 10.6 Å². The lowest BCUT2D eigenvalue weighted by Crippen LogP contribution is -2.35. The minimum Gasteiger partial charge on any atom is -0.323 e. The Labute approximate surface area is 125 Å². The third-order valence-corrected chi connectivity index (χ3v) is 4.06. The quantitative estimate of drug-likeness (QED) is 0.832. The van der Waals surface area contributed by atoms with Crippen LogP contribution >= 0.6 is 15.9 Å². The van der Waals surface area contributed by atoms with E-state index in [-0.39, 0.29) is 11.8 Å². The third-order valence-electron chi connectivity index (χ3n) is 3.43. The van der Waals surface area contributed by atoms with Crippen molar-refractivity contribution in [1.29, 1.82) is 0 Å². The van der Waals surface area contributed by atoms with Crippen molar-refractivity contribution in [2.24, 2.45) is 0 Å². The molecule has 1 aliphatic heterocycles. The van der Waals surface area contributed by atoms with Gasteiger partial charge in [-0.05, 0) is 39.2 Å². The van der Waals surface area contributed by atoms with Gasteiger partial charge in [0.1, 0.15) is 4.60 Å². The normalized spacial score (nSPS) is 17.4. The zero-order chi connectivity index (χ0) is 13.9. The van der Waals surface area contributed by atoms with Crippen molar-refractivity contribution in [3.8, 4) is 0 Å². The molecule has 0 fully saturated rings. The fourth-order valence-corrected chi connectivity index (χ4v) is 2.78. The predicted octanol–water partition coefficient (Wildman–Crippen LogP) is 2.67. The van der Waals surface area contributed by atoms with Crippen LogP contribution in [0.25, 0.3) is 0 Å². The fraction of sp³-hybridized carbons (Fsp3) is 0.200. The molecule has 1 aliphatic rings. The summed E-state index contributed by atoms with van der Waals surface area (Å²) in [5, 5.41) is 6.22. The summed E-state index contributed by atoms with van der Waals surface area (Å²) in [6, 6.07) is 11.7. The van der Waals surface area contributed by atoms with E-state index in [1.54, 1.807) is 12.3 Å². The minimum atomic E-state index is -0.174. The zero-order valence-electron chi connectivity index (χ0n) is 10.8. The highest BCUT2D eigenvalue weighted by atomic mass is 79.9. The third kappa shape index (κ3) is 2.59. The summed E-state index contributed by atoms with van der Waals surface area (Å²) < 4.78 is 0.644. The molecule has 0 radical (unpaired) electrons. The van der Waals surface area contributed by atoms with E-state index in [2.05, 4.69) is 37.6 Å². The molecule has 1 unspecified atom stereocenters. The molecule has 0 spiro atoms. The standard InChI is InChI=1S/C15H14BrN3O/c16-14-13(6-3-7-18-14)19-15(20)12-9-17-8-10-4-1-2-5-11(10)12/h1-7,12,17H,8-9H2,(H,19,20). The molecule has 2 heterocycles. The molecular formula is C15H14BrN3O. The molecule has 0 saturated heterocycles. The van der Waals surface area contributed by atoms with Crippen molar-refractivity contribution in [3.63, 3.8) is 0 Å². The largest absolute Gasteiger partial charge is 0.323 e. The number of nitrogens with one attached hydrogen (secondary N) is 2. The lowest BCUT2D eigenvalue weighted by Gasteiger charge is -2.25. The van der Waals surface area contributed by atoms with Gasteiger partial charge in [0.25, 0.3) is 0 Å². The molecule has 1 atom stereocenters. The van der Waals surface area contributed by atoms with Gasteiger partial charge in [0, 0.05) is 19.3 Å². The molecule has 1 aromatic carbocycles. The number of amides is 1. The van der Waals surface area contributed by atoms with Gasteiger partial charge in [0.15, 0.2) is 0 Å². The van der Waals surface area contributed by atoms with E-state index >= 15 is 0 Å². The highest BCUT2D eigenvalue weighted by Gasteiger charge is 2.26. The van der Waals surface area contributed by atoms with E-state index in [4.69, 9.17) is 0 Å². The number of halogens is 1. The number of carbonyl (C=O) groups is 1. The molecular weight excluding hydrogens is 318 g/mol. The maximum Gasteiger partial charge on any atom is 0.233 e. The SMILES string of the molecule is O=C(Nc1cccnc1Br)C1CNCc2ccccc21. The van der Waals surface area contributed by atoms with E-state index in [0.717, 1.165) is 12.1 Å². The van der Waals surface area contributed by atoms with Crippen LogP contribution in [0.15, 0.2) is 47.2 Å². The lowest BCUT2D eigenvalue weighted by atomic mass is 9.90. The molecule has 102 valence electrons. The van der Waals surface area contributed by atoms with Gasteiger partial charge in [0.2, 0.25) is 5.91 Å². The van der Waals surface area contributed by atoms with Crippen LogP contribution in [0.3, 0.4) is 0 Å². The molecule has 0 bridgehead atoms. The van der Waals surface area contributed by atoms with Gasteiger partial charge in [0.05, 0.1) is 11.6 Å². The summed E-state index contributed by atoms with van der Waals surface area (Å²) in [4.78, 5) is 16.6. The second-order valence-electron chi connectivity index (χ2n) is 4.71. The number of anilines is 1. The van der Waals surface area contributed by atoms with Crippen LogP contribution in [0.4, 0.5) is 5.69 Å². The summed E-state index contributed by atoms with van der Waals surface area (Å²) in [5.41, 5.74) is 2.98. The number of nitrogens with zero attached hydrogens (tertiary/aromatic N) is 1. The first-order chi connectivity index (χ1) is 9.75. The van der Waals surface area contributed by atoms with Gasteiger partial charge in [-0.15, -0.1) is 0 Å². The minimum absolute atomic E-state index is 0.0154. The maximum atomic E-state index is 12.5. The number of rotatable bonds is 2. The Morgan fingerprint density at radius 1 is 1.30 bits per heavy atom. The van der Waals surface area contributed by atoms with Gasteiger partial charge in [-0.25, -0.2) is 4.98 Å². The van der Waals surface area contributed by atoms with E-state index in [1.165, 1.54) is 5.56 Å². The van der Waals surface area contributed by atoms with E-state index in [0.29, 0.717) is 16.8 Å². The molecule has 5 heteroatoms. The summed E-state index contributed by atoms with van der Waals surface area (Å²) >= 11 is 3.34. The van der Waals surface area contributed by atoms with Crippen molar-refractivity contribution in [2.45, 2.75) is 12.5 Å². The monoisotopic (exact) mass is 331 g/mol. The Kier molecular flexibility index (Phi) is 3.80. The number of hydrogen-bond donors (Lipinski definition) is 2. The summed E-state index contributed by atoms with van der Waals surface area (Å²) in [7, 11) is 0. The Balaban J connectivity index is 1.84. The van der Waals surface area contributed by atoms with Gasteiger partial charge >= 0.3 is 0 Å². The van der Waals surface area contributed by atoms with E-state index < -0.39 is 0 Å². The highest BCUT2D eigenvalue weighted by Crippen LogP contribution is 2.26. The molecule has 2 N–H and O–H groups in total. The van der Waals surface area contributed by atoms with Crippen LogP contribution in [-0.4, -0.2) is 17.4 Å². The number of benzene rings is 1. The summed E-state index contributed by atoms with van der Waals surface area (Å²) in [6.45, 7) is 1.47. The number of fused-ring (bicyclic) bond motifs is 1. The Hall–Kier alpha value is -1.72. The zero-order valence-corrected chi connectivity index (χ0v) is 12.4. The first kappa shape index (κ1) is 13.3. The van der Waals surface area contributed by atoms with Crippen molar-refractivity contribution in [2.75, 3.05) is 11.9 Å². The average Bonchev–Trinajstić information content (AvgIpc) is 2.49. The molecule has 0 saturated carbocycles. The molecule has 3 rings (SSSR count). The predicted molar refractivity (Wildman–Crippen MR) is 81.5 cm³/mol. The van der Waals surface area contributed by atoms with Crippen LogP contribution in [0.2, 0.25) is 0 Å². The Morgan fingerprint density at radius 3 is 3.00 bits per heavy atom. The Morgan fingerprint density at radius 2 is 2.15 bits per heavy atom. The van der Waals surface area contributed by atoms with E-state index in [9.17, 15) is 4.79 Å². The van der Waals surface area contributed by atoms with Gasteiger partial charge in [-0.2, -0.15) is 0 Å². The summed E-state index contributed by atoms with van der Waals surface area (Å²) in [6.07, 6.45) is 1.68. The van der Waals surface area contributed by atoms with Crippen molar-refractivity contribution in [1.82, 2.24) is 10.3 Å². The van der Waals surface area contributed by atoms with Gasteiger partial charge in [-0.3, -0.25) is 4.79 Å². The molecule has 4 nitrogen and oxygen atoms in total. The van der Waals surface area contributed by atoms with Crippen molar-refractivity contribution in [3.05, 3.63) is 58.3 Å². The van der Waals surface area contributed by atoms with Crippen molar-refractivity contribution < 1.29 is 4.79 Å². The van der Waals surface area contributed by atoms with Crippen molar-refractivity contribution >= 4 is 27.5 Å². The number of carbonyl (C=O) groups excluding carboxylic acids is 1. The smallest absolute Gasteiger partial charge is 0.233 e. The van der Waals surface area contributed by atoms with E-state index in [1.807, 2.05) is 24.3 Å². The lowest BCUT2D eigenvalue weighted by molar-refractivity contribution is -0.117. The molecule has 1 aromatic heterocycles. The summed E-state index contributed by atoms with van der Waals surface area (Å²) in [5.74, 6) is -0.189. The maximum absolute atomic E-state index is 12.5.